The van der Waals surface area contributed by atoms with Crippen molar-refractivity contribution in [3.63, 3.8) is 0 Å². The molecule has 1 aliphatic heterocycles. The van der Waals surface area contributed by atoms with Crippen molar-refractivity contribution >= 4 is 5.97 Å². The Morgan fingerprint density at radius 1 is 1.52 bits per heavy atom. The number of alkyl halides is 1. The van der Waals surface area contributed by atoms with Crippen LogP contribution in [0.5, 0.6) is 0 Å². The van der Waals surface area contributed by atoms with Crippen LogP contribution >= 0.6 is 0 Å². The summed E-state index contributed by atoms with van der Waals surface area (Å²) < 4.78 is 21.7. The second kappa shape index (κ2) is 5.75. The van der Waals surface area contributed by atoms with Gasteiger partial charge in [-0.2, -0.15) is 0 Å². The predicted octanol–water partition coefficient (Wildman–Crippen LogP) is -0.586. The second-order valence-corrected chi connectivity index (χ2v) is 7.11. The van der Waals surface area contributed by atoms with Gasteiger partial charge >= 0.3 is 11.7 Å². The van der Waals surface area contributed by atoms with Gasteiger partial charge in [-0.15, -0.1) is 0 Å². The molecule has 1 unspecified atom stereocenters. The standard InChI is InChI=1S/C15H22FN3O6/c1-7-6-19(12(23)18-9(7)20)10-14(3,16)15(4,24)8(25-10)5-13(2,17)11(21)22/h6,8,10,24H,5,17H2,1-4H3,(H,21,22)(H,18,20,23)/t8-,10+,13?,14+,15-/m1/s1. The van der Waals surface area contributed by atoms with Crippen LogP contribution in [0.4, 0.5) is 4.39 Å². The van der Waals surface area contributed by atoms with Crippen LogP contribution in [0, 0.1) is 6.92 Å². The number of carboxylic acids is 1. The van der Waals surface area contributed by atoms with E-state index >= 15 is 4.39 Å². The number of nitrogens with two attached hydrogens (primary N) is 1. The number of rotatable bonds is 4. The molecular weight excluding hydrogens is 337 g/mol. The normalized spacial score (nSPS) is 34.7. The molecule has 0 amide bonds. The summed E-state index contributed by atoms with van der Waals surface area (Å²) in [5.74, 6) is -1.34. The summed E-state index contributed by atoms with van der Waals surface area (Å²) in [6.45, 7) is 4.84. The molecule has 2 heterocycles. The number of aromatic nitrogens is 2. The van der Waals surface area contributed by atoms with E-state index in [0.29, 0.717) is 0 Å². The van der Waals surface area contributed by atoms with E-state index in [-0.39, 0.29) is 12.0 Å². The highest BCUT2D eigenvalue weighted by Gasteiger charge is 2.64. The number of halogens is 1. The maximum Gasteiger partial charge on any atom is 0.330 e. The van der Waals surface area contributed by atoms with Crippen molar-refractivity contribution in [2.24, 2.45) is 5.73 Å². The third kappa shape index (κ3) is 3.00. The average molecular weight is 359 g/mol. The highest BCUT2D eigenvalue weighted by atomic mass is 19.1. The van der Waals surface area contributed by atoms with Gasteiger partial charge in [0.05, 0.1) is 6.10 Å². The van der Waals surface area contributed by atoms with Gasteiger partial charge in [-0.3, -0.25) is 19.1 Å². The van der Waals surface area contributed by atoms with E-state index in [0.717, 1.165) is 24.6 Å². The molecule has 1 aliphatic rings. The lowest BCUT2D eigenvalue weighted by Gasteiger charge is -2.34. The first-order valence-corrected chi connectivity index (χ1v) is 7.63. The lowest BCUT2D eigenvalue weighted by molar-refractivity contribution is -0.146. The van der Waals surface area contributed by atoms with Gasteiger partial charge < -0.3 is 20.7 Å². The topological polar surface area (TPSA) is 148 Å². The van der Waals surface area contributed by atoms with Gasteiger partial charge in [0.2, 0.25) is 0 Å². The van der Waals surface area contributed by atoms with Gasteiger partial charge in [0.25, 0.3) is 5.56 Å². The fourth-order valence-electron chi connectivity index (χ4n) is 2.79. The summed E-state index contributed by atoms with van der Waals surface area (Å²) in [4.78, 5) is 36.8. The third-order valence-electron chi connectivity index (χ3n) is 4.87. The van der Waals surface area contributed by atoms with E-state index in [1.807, 2.05) is 4.98 Å². The number of H-pyrrole nitrogens is 1. The zero-order chi connectivity index (χ0) is 19.4. The van der Waals surface area contributed by atoms with Crippen molar-refractivity contribution in [3.05, 3.63) is 32.6 Å². The molecule has 0 spiro atoms. The smallest absolute Gasteiger partial charge is 0.330 e. The van der Waals surface area contributed by atoms with Gasteiger partial charge in [-0.05, 0) is 27.7 Å². The predicted molar refractivity (Wildman–Crippen MR) is 85.0 cm³/mol. The molecule has 5 atom stereocenters. The van der Waals surface area contributed by atoms with E-state index < -0.39 is 46.4 Å². The molecule has 0 aliphatic carbocycles. The number of ether oxygens (including phenoxy) is 1. The number of aryl methyl sites for hydroxylation is 1. The Balaban J connectivity index is 2.49. The van der Waals surface area contributed by atoms with Crippen molar-refractivity contribution in [1.82, 2.24) is 9.55 Å². The molecule has 5 N–H and O–H groups in total. The van der Waals surface area contributed by atoms with Crippen molar-refractivity contribution in [2.45, 2.75) is 63.3 Å². The maximum atomic E-state index is 15.4. The van der Waals surface area contributed by atoms with E-state index in [1.165, 1.54) is 13.8 Å². The number of hydrogen-bond acceptors (Lipinski definition) is 6. The molecule has 1 saturated heterocycles. The molecule has 10 heteroatoms. The quantitative estimate of drug-likeness (QED) is 0.562. The van der Waals surface area contributed by atoms with Crippen molar-refractivity contribution < 1.29 is 24.1 Å². The van der Waals surface area contributed by atoms with E-state index in [4.69, 9.17) is 15.6 Å². The summed E-state index contributed by atoms with van der Waals surface area (Å²) in [6, 6.07) is 0. The SMILES string of the molecule is Cc1cn([C@H]2O[C@H](CC(C)(N)C(=O)O)[C@@](C)(O)[C@@]2(C)F)c(=O)[nH]c1=O. The summed E-state index contributed by atoms with van der Waals surface area (Å²) in [5.41, 5.74) is -2.06. The summed E-state index contributed by atoms with van der Waals surface area (Å²) >= 11 is 0. The van der Waals surface area contributed by atoms with Crippen molar-refractivity contribution in [2.75, 3.05) is 0 Å². The number of carboxylic acid groups (broad SMARTS) is 1. The molecule has 0 radical (unpaired) electrons. The Bertz CT molecular complexity index is 810. The largest absolute Gasteiger partial charge is 0.480 e. The van der Waals surface area contributed by atoms with E-state index in [1.54, 1.807) is 0 Å². The van der Waals surface area contributed by atoms with Crippen LogP contribution in [0.1, 0.15) is 39.0 Å². The Morgan fingerprint density at radius 3 is 2.60 bits per heavy atom. The molecular formula is C15H22FN3O6. The van der Waals surface area contributed by atoms with Crippen LogP contribution < -0.4 is 17.0 Å². The molecule has 1 fully saturated rings. The molecule has 9 nitrogen and oxygen atoms in total. The first-order chi connectivity index (χ1) is 11.2. The first kappa shape index (κ1) is 19.3. The Morgan fingerprint density at radius 2 is 2.08 bits per heavy atom. The first-order valence-electron chi connectivity index (χ1n) is 7.63. The number of nitrogens with zero attached hydrogens (tertiary/aromatic N) is 1. The zero-order valence-electron chi connectivity index (χ0n) is 14.4. The van der Waals surface area contributed by atoms with Crippen molar-refractivity contribution in [3.8, 4) is 0 Å². The molecule has 1 aromatic heterocycles. The van der Waals surface area contributed by atoms with Crippen molar-refractivity contribution in [1.29, 1.82) is 0 Å². The third-order valence-corrected chi connectivity index (χ3v) is 4.87. The fourth-order valence-corrected chi connectivity index (χ4v) is 2.79. The Kier molecular flexibility index (Phi) is 4.44. The number of aromatic amines is 1. The van der Waals surface area contributed by atoms with Gasteiger partial charge in [-0.1, -0.05) is 0 Å². The minimum absolute atomic E-state index is 0.149. The highest BCUT2D eigenvalue weighted by molar-refractivity contribution is 5.77. The minimum atomic E-state index is -2.46. The van der Waals surface area contributed by atoms with Crippen LogP contribution in [0.3, 0.4) is 0 Å². The monoisotopic (exact) mass is 359 g/mol. The van der Waals surface area contributed by atoms with Crippen LogP contribution in [0.15, 0.2) is 15.8 Å². The van der Waals surface area contributed by atoms with Gasteiger partial charge in [0.1, 0.15) is 11.1 Å². The average Bonchev–Trinajstić information content (AvgIpc) is 2.62. The van der Waals surface area contributed by atoms with E-state index in [9.17, 15) is 19.5 Å². The molecule has 0 saturated carbocycles. The molecule has 0 aromatic carbocycles. The van der Waals surface area contributed by atoms with Gasteiger partial charge in [0.15, 0.2) is 11.9 Å². The van der Waals surface area contributed by atoms with Crippen LogP contribution in [-0.4, -0.2) is 48.6 Å². The Labute approximate surface area is 142 Å². The minimum Gasteiger partial charge on any atom is -0.480 e. The number of aliphatic carboxylic acids is 1. The second-order valence-electron chi connectivity index (χ2n) is 7.11. The maximum absolute atomic E-state index is 15.4. The molecule has 140 valence electrons. The van der Waals surface area contributed by atoms with Gasteiger partial charge in [-0.25, -0.2) is 9.18 Å². The summed E-state index contributed by atoms with van der Waals surface area (Å²) in [5, 5.41) is 19.8. The number of aliphatic hydroxyl groups is 1. The molecule has 25 heavy (non-hydrogen) atoms. The van der Waals surface area contributed by atoms with Crippen LogP contribution in [0.25, 0.3) is 0 Å². The summed E-state index contributed by atoms with van der Waals surface area (Å²) in [7, 11) is 0. The fraction of sp³-hybridized carbons (Fsp3) is 0.667. The Hall–Kier alpha value is -2.04. The zero-order valence-corrected chi connectivity index (χ0v) is 14.4. The number of nitrogens with one attached hydrogen (secondary N) is 1. The molecule has 0 bridgehead atoms. The van der Waals surface area contributed by atoms with Crippen LogP contribution in [0.2, 0.25) is 0 Å². The lowest BCUT2D eigenvalue weighted by atomic mass is 9.80. The molecule has 2 rings (SSSR count). The number of carbonyl (C=O) groups is 1. The number of hydrogen-bond donors (Lipinski definition) is 4. The van der Waals surface area contributed by atoms with E-state index in [2.05, 4.69) is 0 Å². The highest BCUT2D eigenvalue weighted by Crippen LogP contribution is 2.49. The van der Waals surface area contributed by atoms with Gasteiger partial charge in [0, 0.05) is 18.2 Å². The lowest BCUT2D eigenvalue weighted by Crippen LogP contribution is -2.56. The summed E-state index contributed by atoms with van der Waals surface area (Å²) in [6.07, 6.45) is -2.12. The molecule has 1 aromatic rings. The van der Waals surface area contributed by atoms with Crippen LogP contribution in [-0.2, 0) is 9.53 Å².